The molecular weight excluding hydrogens is 246 g/mol. The summed E-state index contributed by atoms with van der Waals surface area (Å²) < 4.78 is 8.45. The van der Waals surface area contributed by atoms with Crippen molar-refractivity contribution in [2.45, 2.75) is 44.3 Å². The summed E-state index contributed by atoms with van der Waals surface area (Å²) in [5, 5.41) is 2.96. The molecule has 1 aromatic rings. The summed E-state index contributed by atoms with van der Waals surface area (Å²) in [4.78, 5) is 23.9. The van der Waals surface area contributed by atoms with Crippen molar-refractivity contribution in [1.82, 2.24) is 14.5 Å². The first-order valence-corrected chi connectivity index (χ1v) is 6.88. The first-order valence-electron chi connectivity index (χ1n) is 6.88. The number of aromatic nitrogens is 2. The van der Waals surface area contributed by atoms with Gasteiger partial charge in [-0.2, -0.15) is 0 Å². The molecule has 19 heavy (non-hydrogen) atoms. The van der Waals surface area contributed by atoms with Gasteiger partial charge in [-0.1, -0.05) is 0 Å². The summed E-state index contributed by atoms with van der Waals surface area (Å²) in [6, 6.07) is 0.537. The van der Waals surface area contributed by atoms with Crippen molar-refractivity contribution in [3.8, 4) is 0 Å². The summed E-state index contributed by atoms with van der Waals surface area (Å²) >= 11 is 0. The number of amides is 1. The third-order valence-electron chi connectivity index (χ3n) is 3.71. The molecule has 1 N–H and O–H groups in total. The number of carbonyl (C=O) groups is 1. The average Bonchev–Trinajstić information content (AvgIpc) is 3.18. The minimum atomic E-state index is -0.0949. The van der Waals surface area contributed by atoms with Crippen LogP contribution in [0.25, 0.3) is 0 Å². The standard InChI is InChI=1S/C13H19N3O3/c17-12(14-10-3-7-19-8-4-10)9-15-5-6-16(13(15)18)11-1-2-11/h5-6,10-11H,1-4,7-9H2,(H,14,17). The molecule has 0 aromatic carbocycles. The van der Waals surface area contributed by atoms with Gasteiger partial charge in [0.2, 0.25) is 5.91 Å². The third kappa shape index (κ3) is 2.89. The fourth-order valence-corrected chi connectivity index (χ4v) is 2.45. The molecule has 0 bridgehead atoms. The predicted molar refractivity (Wildman–Crippen MR) is 68.9 cm³/mol. The van der Waals surface area contributed by atoms with E-state index in [1.165, 1.54) is 4.57 Å². The summed E-state index contributed by atoms with van der Waals surface area (Å²) in [6.07, 6.45) is 7.32. The minimum Gasteiger partial charge on any atom is -0.381 e. The van der Waals surface area contributed by atoms with E-state index in [9.17, 15) is 9.59 Å². The molecule has 1 saturated heterocycles. The number of carbonyl (C=O) groups excluding carboxylic acids is 1. The second-order valence-corrected chi connectivity index (χ2v) is 5.30. The largest absolute Gasteiger partial charge is 0.381 e. The van der Waals surface area contributed by atoms with Crippen LogP contribution >= 0.6 is 0 Å². The Morgan fingerprint density at radius 1 is 1.26 bits per heavy atom. The first kappa shape index (κ1) is 12.5. The second kappa shape index (κ2) is 5.21. The third-order valence-corrected chi connectivity index (χ3v) is 3.71. The van der Waals surface area contributed by atoms with E-state index in [0.717, 1.165) is 25.7 Å². The van der Waals surface area contributed by atoms with Crippen molar-refractivity contribution in [3.63, 3.8) is 0 Å². The smallest absolute Gasteiger partial charge is 0.328 e. The zero-order chi connectivity index (χ0) is 13.2. The molecule has 6 heteroatoms. The second-order valence-electron chi connectivity index (χ2n) is 5.30. The number of nitrogens with one attached hydrogen (secondary N) is 1. The summed E-state index contributed by atoms with van der Waals surface area (Å²) in [7, 11) is 0. The van der Waals surface area contributed by atoms with E-state index in [2.05, 4.69) is 5.32 Å². The van der Waals surface area contributed by atoms with Gasteiger partial charge in [-0.25, -0.2) is 4.79 Å². The van der Waals surface area contributed by atoms with E-state index in [1.807, 2.05) is 0 Å². The molecule has 2 aliphatic rings. The van der Waals surface area contributed by atoms with Gasteiger partial charge >= 0.3 is 5.69 Å². The zero-order valence-corrected chi connectivity index (χ0v) is 10.9. The Kier molecular flexibility index (Phi) is 3.42. The van der Waals surface area contributed by atoms with Crippen molar-refractivity contribution in [1.29, 1.82) is 0 Å². The van der Waals surface area contributed by atoms with Gasteiger partial charge in [-0.15, -0.1) is 0 Å². The maximum absolute atomic E-state index is 12.0. The molecule has 0 unspecified atom stereocenters. The van der Waals surface area contributed by atoms with Crippen molar-refractivity contribution in [2.75, 3.05) is 13.2 Å². The van der Waals surface area contributed by atoms with Gasteiger partial charge in [0.15, 0.2) is 0 Å². The van der Waals surface area contributed by atoms with E-state index in [1.54, 1.807) is 17.0 Å². The molecule has 2 fully saturated rings. The quantitative estimate of drug-likeness (QED) is 0.850. The number of nitrogens with zero attached hydrogens (tertiary/aromatic N) is 2. The highest BCUT2D eigenvalue weighted by molar-refractivity contribution is 5.76. The van der Waals surface area contributed by atoms with Gasteiger partial charge in [0, 0.05) is 37.7 Å². The molecule has 0 atom stereocenters. The highest BCUT2D eigenvalue weighted by atomic mass is 16.5. The Labute approximate surface area is 111 Å². The van der Waals surface area contributed by atoms with Crippen LogP contribution in [0.5, 0.6) is 0 Å². The average molecular weight is 265 g/mol. The number of hydrogen-bond donors (Lipinski definition) is 1. The van der Waals surface area contributed by atoms with Crippen LogP contribution in [0, 0.1) is 0 Å². The zero-order valence-electron chi connectivity index (χ0n) is 10.9. The molecule has 104 valence electrons. The Morgan fingerprint density at radius 2 is 2.00 bits per heavy atom. The SMILES string of the molecule is O=C(Cn1ccn(C2CC2)c1=O)NC1CCOCC1. The lowest BCUT2D eigenvalue weighted by atomic mass is 10.1. The molecule has 2 heterocycles. The van der Waals surface area contributed by atoms with Gasteiger partial charge in [0.1, 0.15) is 6.54 Å². The van der Waals surface area contributed by atoms with Crippen LogP contribution < -0.4 is 11.0 Å². The maximum Gasteiger partial charge on any atom is 0.328 e. The monoisotopic (exact) mass is 265 g/mol. The highest BCUT2D eigenvalue weighted by Crippen LogP contribution is 2.33. The fourth-order valence-electron chi connectivity index (χ4n) is 2.45. The van der Waals surface area contributed by atoms with E-state index in [-0.39, 0.29) is 24.2 Å². The Balaban J connectivity index is 1.58. The van der Waals surface area contributed by atoms with E-state index >= 15 is 0 Å². The number of ether oxygens (including phenoxy) is 1. The predicted octanol–water partition coefficient (Wildman–Crippen LogP) is 0.280. The molecule has 0 radical (unpaired) electrons. The van der Waals surface area contributed by atoms with Crippen molar-refractivity contribution < 1.29 is 9.53 Å². The molecule has 1 aliphatic carbocycles. The number of rotatable bonds is 4. The minimum absolute atomic E-state index is 0.0790. The Morgan fingerprint density at radius 3 is 2.68 bits per heavy atom. The van der Waals surface area contributed by atoms with Gasteiger partial charge in [-0.05, 0) is 25.7 Å². The lowest BCUT2D eigenvalue weighted by Crippen LogP contribution is -2.41. The maximum atomic E-state index is 12.0. The van der Waals surface area contributed by atoms with Crippen LogP contribution in [0.1, 0.15) is 31.7 Å². The fraction of sp³-hybridized carbons (Fsp3) is 0.692. The molecule has 1 amide bonds. The van der Waals surface area contributed by atoms with Gasteiger partial charge < -0.3 is 10.1 Å². The number of imidazole rings is 1. The van der Waals surface area contributed by atoms with Crippen molar-refractivity contribution in [3.05, 3.63) is 22.9 Å². The van der Waals surface area contributed by atoms with Crippen molar-refractivity contribution in [2.24, 2.45) is 0 Å². The van der Waals surface area contributed by atoms with Gasteiger partial charge in [-0.3, -0.25) is 13.9 Å². The first-order chi connectivity index (χ1) is 9.24. The Hall–Kier alpha value is -1.56. The molecule has 0 spiro atoms. The lowest BCUT2D eigenvalue weighted by Gasteiger charge is -2.23. The van der Waals surface area contributed by atoms with Gasteiger partial charge in [0.25, 0.3) is 0 Å². The number of hydrogen-bond acceptors (Lipinski definition) is 3. The normalized spacial score (nSPS) is 20.4. The van der Waals surface area contributed by atoms with Crippen LogP contribution in [0.4, 0.5) is 0 Å². The molecule has 1 aromatic heterocycles. The molecule has 1 saturated carbocycles. The van der Waals surface area contributed by atoms with Crippen molar-refractivity contribution >= 4 is 5.91 Å². The van der Waals surface area contributed by atoms with E-state index in [0.29, 0.717) is 19.3 Å². The summed E-state index contributed by atoms with van der Waals surface area (Å²) in [6.45, 7) is 1.50. The highest BCUT2D eigenvalue weighted by Gasteiger charge is 2.26. The van der Waals surface area contributed by atoms with Crippen LogP contribution in [-0.2, 0) is 16.1 Å². The van der Waals surface area contributed by atoms with Crippen LogP contribution in [0.3, 0.4) is 0 Å². The summed E-state index contributed by atoms with van der Waals surface area (Å²) in [5.41, 5.74) is -0.0790. The summed E-state index contributed by atoms with van der Waals surface area (Å²) in [5.74, 6) is -0.0949. The molecule has 1 aliphatic heterocycles. The van der Waals surface area contributed by atoms with E-state index < -0.39 is 0 Å². The lowest BCUT2D eigenvalue weighted by molar-refractivity contribution is -0.123. The van der Waals surface area contributed by atoms with E-state index in [4.69, 9.17) is 4.74 Å². The van der Waals surface area contributed by atoms with Crippen LogP contribution in [0.15, 0.2) is 17.2 Å². The molecule has 3 rings (SSSR count). The van der Waals surface area contributed by atoms with Crippen LogP contribution in [-0.4, -0.2) is 34.3 Å². The Bertz CT molecular complexity index is 509. The molecular formula is C13H19N3O3. The topological polar surface area (TPSA) is 65.3 Å². The van der Waals surface area contributed by atoms with Crippen LogP contribution in [0.2, 0.25) is 0 Å². The molecule has 6 nitrogen and oxygen atoms in total. The van der Waals surface area contributed by atoms with Gasteiger partial charge in [0.05, 0.1) is 0 Å².